The van der Waals surface area contributed by atoms with Gasteiger partial charge in [0.1, 0.15) is 12.0 Å². The molecule has 1 aromatic heterocycles. The van der Waals surface area contributed by atoms with Gasteiger partial charge in [-0.15, -0.1) is 0 Å². The van der Waals surface area contributed by atoms with Crippen LogP contribution in [0.3, 0.4) is 0 Å². The summed E-state index contributed by atoms with van der Waals surface area (Å²) in [5.41, 5.74) is 2.56. The van der Waals surface area contributed by atoms with Crippen LogP contribution in [0.2, 0.25) is 0 Å². The van der Waals surface area contributed by atoms with Crippen molar-refractivity contribution in [1.29, 1.82) is 0 Å². The summed E-state index contributed by atoms with van der Waals surface area (Å²) in [4.78, 5) is 21.6. The monoisotopic (exact) mass is 478 g/mol. The fourth-order valence-corrected chi connectivity index (χ4v) is 4.23. The second kappa shape index (κ2) is 12.5. The first-order chi connectivity index (χ1) is 17.1. The highest BCUT2D eigenvalue weighted by molar-refractivity contribution is 5.91. The van der Waals surface area contributed by atoms with E-state index >= 15 is 0 Å². The van der Waals surface area contributed by atoms with Gasteiger partial charge < -0.3 is 19.2 Å². The average Bonchev–Trinajstić information content (AvgIpc) is 3.38. The molecule has 186 valence electrons. The molecule has 0 saturated carbocycles. The van der Waals surface area contributed by atoms with Crippen LogP contribution in [0.25, 0.3) is 0 Å². The van der Waals surface area contributed by atoms with Crippen molar-refractivity contribution in [1.82, 2.24) is 20.1 Å². The van der Waals surface area contributed by atoms with E-state index in [2.05, 4.69) is 45.2 Å². The minimum absolute atomic E-state index is 0.0961. The maximum atomic E-state index is 12.6. The minimum Gasteiger partial charge on any atom is -0.496 e. The fraction of sp³-hybridized carbons (Fsp3) is 0.407. The third kappa shape index (κ3) is 6.91. The van der Waals surface area contributed by atoms with Crippen LogP contribution >= 0.6 is 0 Å². The van der Waals surface area contributed by atoms with Gasteiger partial charge in [0.2, 0.25) is 5.89 Å². The standard InChI is InChI=1S/C27H34N4O4/c1-21(22-8-4-3-5-9-22)31(18-23-10-6-7-11-25(23)33-2)19-26-29-24(20-35-26)27(32)28-12-13-30-14-16-34-17-15-30/h3-11,20-21H,12-19H2,1-2H3,(H,28,32)/t21-/m0/s1. The summed E-state index contributed by atoms with van der Waals surface area (Å²) < 4.78 is 16.7. The van der Waals surface area contributed by atoms with E-state index in [4.69, 9.17) is 13.9 Å². The van der Waals surface area contributed by atoms with Gasteiger partial charge in [-0.3, -0.25) is 14.6 Å². The highest BCUT2D eigenvalue weighted by atomic mass is 16.5. The zero-order chi connectivity index (χ0) is 24.5. The van der Waals surface area contributed by atoms with Crippen molar-refractivity contribution in [2.24, 2.45) is 0 Å². The number of benzene rings is 2. The maximum Gasteiger partial charge on any atom is 0.273 e. The van der Waals surface area contributed by atoms with Gasteiger partial charge in [0.15, 0.2) is 5.69 Å². The molecule has 3 aromatic rings. The molecule has 2 heterocycles. The Labute approximate surface area is 206 Å². The predicted molar refractivity (Wildman–Crippen MR) is 133 cm³/mol. The number of hydrogen-bond donors (Lipinski definition) is 1. The van der Waals surface area contributed by atoms with Crippen LogP contribution in [-0.4, -0.2) is 67.2 Å². The van der Waals surface area contributed by atoms with E-state index in [9.17, 15) is 4.79 Å². The highest BCUT2D eigenvalue weighted by Gasteiger charge is 2.21. The molecule has 35 heavy (non-hydrogen) atoms. The summed E-state index contributed by atoms with van der Waals surface area (Å²) in [6.07, 6.45) is 1.44. The van der Waals surface area contributed by atoms with Crippen molar-refractivity contribution in [3.05, 3.63) is 83.6 Å². The number of aromatic nitrogens is 1. The van der Waals surface area contributed by atoms with Crippen molar-refractivity contribution < 1.29 is 18.7 Å². The minimum atomic E-state index is -0.222. The largest absolute Gasteiger partial charge is 0.496 e. The molecule has 1 aliphatic heterocycles. The molecule has 4 rings (SSSR count). The number of methoxy groups -OCH3 is 1. The van der Waals surface area contributed by atoms with Gasteiger partial charge in [-0.25, -0.2) is 4.98 Å². The second-order valence-electron chi connectivity index (χ2n) is 8.64. The lowest BCUT2D eigenvalue weighted by molar-refractivity contribution is 0.0383. The number of para-hydroxylation sites is 1. The van der Waals surface area contributed by atoms with Gasteiger partial charge in [-0.05, 0) is 18.6 Å². The van der Waals surface area contributed by atoms with E-state index in [0.717, 1.165) is 44.2 Å². The van der Waals surface area contributed by atoms with Crippen molar-refractivity contribution in [2.45, 2.75) is 26.1 Å². The van der Waals surface area contributed by atoms with Crippen LogP contribution in [0.1, 0.15) is 40.5 Å². The van der Waals surface area contributed by atoms with Crippen LogP contribution in [0.15, 0.2) is 65.3 Å². The van der Waals surface area contributed by atoms with Gasteiger partial charge in [0.05, 0.1) is 26.9 Å². The number of ether oxygens (including phenoxy) is 2. The zero-order valence-electron chi connectivity index (χ0n) is 20.5. The Bertz CT molecular complexity index is 1070. The molecular weight excluding hydrogens is 444 g/mol. The molecule has 1 aliphatic rings. The van der Waals surface area contributed by atoms with Gasteiger partial charge >= 0.3 is 0 Å². The van der Waals surface area contributed by atoms with E-state index in [1.807, 2.05) is 36.4 Å². The molecule has 0 radical (unpaired) electrons. The lowest BCUT2D eigenvalue weighted by Crippen LogP contribution is -2.41. The molecular formula is C27H34N4O4. The first-order valence-electron chi connectivity index (χ1n) is 12.1. The number of morpholine rings is 1. The highest BCUT2D eigenvalue weighted by Crippen LogP contribution is 2.27. The Morgan fingerprint density at radius 1 is 1.11 bits per heavy atom. The summed E-state index contributed by atoms with van der Waals surface area (Å²) >= 11 is 0. The summed E-state index contributed by atoms with van der Waals surface area (Å²) in [6.45, 7) is 7.89. The second-order valence-corrected chi connectivity index (χ2v) is 8.64. The van der Waals surface area contributed by atoms with E-state index in [1.54, 1.807) is 7.11 Å². The van der Waals surface area contributed by atoms with Crippen molar-refractivity contribution in [3.8, 4) is 5.75 Å². The molecule has 0 unspecified atom stereocenters. The van der Waals surface area contributed by atoms with Gasteiger partial charge in [-0.1, -0.05) is 48.5 Å². The number of nitrogens with zero attached hydrogens (tertiary/aromatic N) is 3. The number of carbonyl (C=O) groups excluding carboxylic acids is 1. The maximum absolute atomic E-state index is 12.6. The summed E-state index contributed by atoms with van der Waals surface area (Å²) in [6, 6.07) is 18.4. The number of oxazole rings is 1. The van der Waals surface area contributed by atoms with Crippen LogP contribution < -0.4 is 10.1 Å². The van der Waals surface area contributed by atoms with E-state index in [0.29, 0.717) is 31.2 Å². The summed E-state index contributed by atoms with van der Waals surface area (Å²) in [5.74, 6) is 1.12. The third-order valence-corrected chi connectivity index (χ3v) is 6.34. The SMILES string of the molecule is COc1ccccc1CN(Cc1nc(C(=O)NCCN2CCOCC2)co1)[C@@H](C)c1ccccc1. The Kier molecular flexibility index (Phi) is 8.89. The fourth-order valence-electron chi connectivity index (χ4n) is 4.23. The Hall–Kier alpha value is -3.20. The number of carbonyl (C=O) groups is 1. The van der Waals surface area contributed by atoms with Crippen molar-refractivity contribution in [3.63, 3.8) is 0 Å². The lowest BCUT2D eigenvalue weighted by atomic mass is 10.1. The molecule has 0 spiro atoms. The lowest BCUT2D eigenvalue weighted by Gasteiger charge is -2.29. The molecule has 8 nitrogen and oxygen atoms in total. The topological polar surface area (TPSA) is 80.1 Å². The smallest absolute Gasteiger partial charge is 0.273 e. The van der Waals surface area contributed by atoms with Crippen LogP contribution in [-0.2, 0) is 17.8 Å². The third-order valence-electron chi connectivity index (χ3n) is 6.34. The van der Waals surface area contributed by atoms with Crippen LogP contribution in [0.5, 0.6) is 5.75 Å². The molecule has 8 heteroatoms. The number of hydrogen-bond acceptors (Lipinski definition) is 7. The zero-order valence-corrected chi connectivity index (χ0v) is 20.5. The molecule has 2 aromatic carbocycles. The van der Waals surface area contributed by atoms with E-state index in [-0.39, 0.29) is 11.9 Å². The van der Waals surface area contributed by atoms with Crippen molar-refractivity contribution in [2.75, 3.05) is 46.5 Å². The molecule has 1 fully saturated rings. The van der Waals surface area contributed by atoms with Crippen LogP contribution in [0, 0.1) is 0 Å². The molecule has 1 N–H and O–H groups in total. The van der Waals surface area contributed by atoms with Gasteiger partial charge in [0.25, 0.3) is 5.91 Å². The molecule has 1 atom stereocenters. The van der Waals surface area contributed by atoms with Crippen molar-refractivity contribution >= 4 is 5.91 Å². The van der Waals surface area contributed by atoms with Gasteiger partial charge in [-0.2, -0.15) is 0 Å². The van der Waals surface area contributed by atoms with E-state index in [1.165, 1.54) is 11.8 Å². The number of nitrogens with one attached hydrogen (secondary N) is 1. The van der Waals surface area contributed by atoms with E-state index < -0.39 is 0 Å². The molecule has 0 aliphatic carbocycles. The normalized spacial score (nSPS) is 15.2. The van der Waals surface area contributed by atoms with Crippen LogP contribution in [0.4, 0.5) is 0 Å². The summed E-state index contributed by atoms with van der Waals surface area (Å²) in [5, 5.41) is 2.94. The Morgan fingerprint density at radius 3 is 2.63 bits per heavy atom. The van der Waals surface area contributed by atoms with Gasteiger partial charge in [0, 0.05) is 44.3 Å². The number of amides is 1. The average molecular weight is 479 g/mol. The summed E-state index contributed by atoms with van der Waals surface area (Å²) in [7, 11) is 1.68. The molecule has 0 bridgehead atoms. The molecule has 1 amide bonds. The molecule has 1 saturated heterocycles. The quantitative estimate of drug-likeness (QED) is 0.452. The first-order valence-corrected chi connectivity index (χ1v) is 12.1. The first kappa shape index (κ1) is 24.9. The number of rotatable bonds is 11. The Morgan fingerprint density at radius 2 is 1.86 bits per heavy atom. The Balaban J connectivity index is 1.42. The predicted octanol–water partition coefficient (Wildman–Crippen LogP) is 3.51.